The fraction of sp³-hybridized carbons (Fsp3) is 0.208. The van der Waals surface area contributed by atoms with E-state index in [0.29, 0.717) is 23.5 Å². The first-order chi connectivity index (χ1) is 15.1. The Hall–Kier alpha value is -3.87. The number of carbonyl (C=O) groups excluding carboxylic acids is 1. The Morgan fingerprint density at radius 1 is 1.10 bits per heavy atom. The lowest BCUT2D eigenvalue weighted by atomic mass is 10.1. The van der Waals surface area contributed by atoms with Crippen molar-refractivity contribution in [3.05, 3.63) is 71.9 Å². The minimum atomic E-state index is -0.175. The van der Waals surface area contributed by atoms with E-state index in [9.17, 15) is 4.79 Å². The van der Waals surface area contributed by atoms with Crippen molar-refractivity contribution >= 4 is 16.9 Å². The number of rotatable bonds is 5. The number of aromatic nitrogens is 3. The van der Waals surface area contributed by atoms with Gasteiger partial charge in [-0.25, -0.2) is 9.67 Å². The van der Waals surface area contributed by atoms with Crippen molar-refractivity contribution in [3.8, 4) is 22.8 Å². The molecule has 0 aliphatic carbocycles. The quantitative estimate of drug-likeness (QED) is 0.526. The van der Waals surface area contributed by atoms with Gasteiger partial charge in [0, 0.05) is 18.2 Å². The van der Waals surface area contributed by atoms with Crippen LogP contribution < -0.4 is 14.8 Å². The zero-order chi connectivity index (χ0) is 21.4. The fourth-order valence-corrected chi connectivity index (χ4v) is 3.67. The smallest absolute Gasteiger partial charge is 0.252 e. The van der Waals surface area contributed by atoms with Crippen molar-refractivity contribution in [3.63, 3.8) is 0 Å². The number of ether oxygens (including phenoxy) is 2. The molecule has 7 nitrogen and oxygen atoms in total. The predicted molar refractivity (Wildman–Crippen MR) is 117 cm³/mol. The van der Waals surface area contributed by atoms with Crippen LogP contribution in [-0.4, -0.2) is 27.5 Å². The zero-order valence-electron chi connectivity index (χ0n) is 17.3. The molecule has 0 atom stereocenters. The van der Waals surface area contributed by atoms with Gasteiger partial charge in [-0.05, 0) is 37.6 Å². The van der Waals surface area contributed by atoms with E-state index in [4.69, 9.17) is 14.5 Å². The van der Waals surface area contributed by atoms with Crippen LogP contribution in [0, 0.1) is 0 Å². The highest BCUT2D eigenvalue weighted by molar-refractivity contribution is 6.06. The lowest BCUT2D eigenvalue weighted by Crippen LogP contribution is -2.23. The summed E-state index contributed by atoms with van der Waals surface area (Å²) in [5, 5.41) is 8.22. The third-order valence-electron chi connectivity index (χ3n) is 5.26. The van der Waals surface area contributed by atoms with Gasteiger partial charge in [0.1, 0.15) is 0 Å². The highest BCUT2D eigenvalue weighted by Crippen LogP contribution is 2.32. The molecule has 0 saturated heterocycles. The SMILES string of the molecule is CC(C)n1ncc2c(C(=O)NCc3ccc4c(c3)OCO4)cc(-c3ccccc3)nc21. The van der Waals surface area contributed by atoms with Crippen molar-refractivity contribution in [2.75, 3.05) is 6.79 Å². The van der Waals surface area contributed by atoms with Crippen LogP contribution in [0.1, 0.15) is 35.8 Å². The third-order valence-corrected chi connectivity index (χ3v) is 5.26. The number of hydrogen-bond donors (Lipinski definition) is 1. The molecule has 3 heterocycles. The van der Waals surface area contributed by atoms with Crippen LogP contribution in [0.3, 0.4) is 0 Å². The predicted octanol–water partition coefficient (Wildman–Crippen LogP) is 4.34. The molecule has 0 fully saturated rings. The van der Waals surface area contributed by atoms with E-state index < -0.39 is 0 Å². The molecule has 0 bridgehead atoms. The van der Waals surface area contributed by atoms with Crippen LogP contribution in [0.25, 0.3) is 22.3 Å². The Kier molecular flexibility index (Phi) is 4.78. The fourth-order valence-electron chi connectivity index (χ4n) is 3.67. The number of pyridine rings is 1. The first-order valence-electron chi connectivity index (χ1n) is 10.2. The molecule has 1 aliphatic heterocycles. The van der Waals surface area contributed by atoms with Crippen LogP contribution in [0.15, 0.2) is 60.8 Å². The van der Waals surface area contributed by atoms with E-state index in [1.807, 2.05) is 73.1 Å². The highest BCUT2D eigenvalue weighted by atomic mass is 16.7. The molecule has 2 aromatic carbocycles. The van der Waals surface area contributed by atoms with Gasteiger partial charge in [-0.3, -0.25) is 4.79 Å². The molecule has 2 aromatic heterocycles. The Bertz CT molecular complexity index is 1260. The summed E-state index contributed by atoms with van der Waals surface area (Å²) in [5.74, 6) is 1.24. The van der Waals surface area contributed by atoms with Crippen molar-refractivity contribution in [1.82, 2.24) is 20.1 Å². The summed E-state index contributed by atoms with van der Waals surface area (Å²) in [7, 11) is 0. The second-order valence-corrected chi connectivity index (χ2v) is 7.71. The topological polar surface area (TPSA) is 78.3 Å². The van der Waals surface area contributed by atoms with Crippen molar-refractivity contribution in [2.45, 2.75) is 26.4 Å². The van der Waals surface area contributed by atoms with Gasteiger partial charge in [0.2, 0.25) is 6.79 Å². The van der Waals surface area contributed by atoms with E-state index in [1.165, 1.54) is 0 Å². The van der Waals surface area contributed by atoms with Crippen LogP contribution in [0.5, 0.6) is 11.5 Å². The Morgan fingerprint density at radius 2 is 1.90 bits per heavy atom. The number of nitrogens with zero attached hydrogens (tertiary/aromatic N) is 3. The van der Waals surface area contributed by atoms with Crippen LogP contribution in [0.2, 0.25) is 0 Å². The largest absolute Gasteiger partial charge is 0.454 e. The summed E-state index contributed by atoms with van der Waals surface area (Å²) in [6, 6.07) is 17.5. The van der Waals surface area contributed by atoms with E-state index in [1.54, 1.807) is 6.20 Å². The Morgan fingerprint density at radius 3 is 2.71 bits per heavy atom. The molecule has 1 amide bonds. The number of carbonyl (C=O) groups is 1. The average molecular weight is 414 g/mol. The molecule has 7 heteroatoms. The summed E-state index contributed by atoms with van der Waals surface area (Å²) >= 11 is 0. The lowest BCUT2D eigenvalue weighted by molar-refractivity contribution is 0.0952. The molecule has 0 radical (unpaired) electrons. The summed E-state index contributed by atoms with van der Waals surface area (Å²) < 4.78 is 12.6. The minimum absolute atomic E-state index is 0.126. The molecule has 1 aliphatic rings. The molecular formula is C24H22N4O3. The van der Waals surface area contributed by atoms with Crippen molar-refractivity contribution in [2.24, 2.45) is 0 Å². The average Bonchev–Trinajstić information content (AvgIpc) is 3.44. The molecule has 0 unspecified atom stereocenters. The molecule has 1 N–H and O–H groups in total. The molecule has 4 aromatic rings. The second kappa shape index (κ2) is 7.75. The van der Waals surface area contributed by atoms with Gasteiger partial charge in [-0.2, -0.15) is 5.10 Å². The zero-order valence-corrected chi connectivity index (χ0v) is 17.3. The van der Waals surface area contributed by atoms with Crippen LogP contribution in [0.4, 0.5) is 0 Å². The van der Waals surface area contributed by atoms with Gasteiger partial charge in [0.05, 0.1) is 22.8 Å². The molecular weight excluding hydrogens is 392 g/mol. The normalized spacial score (nSPS) is 12.5. The van der Waals surface area contributed by atoms with Gasteiger partial charge in [-0.15, -0.1) is 0 Å². The van der Waals surface area contributed by atoms with Crippen LogP contribution in [-0.2, 0) is 6.54 Å². The lowest BCUT2D eigenvalue weighted by Gasteiger charge is -2.11. The van der Waals surface area contributed by atoms with Crippen LogP contribution >= 0.6 is 0 Å². The summed E-state index contributed by atoms with van der Waals surface area (Å²) in [4.78, 5) is 18.0. The standard InChI is InChI=1S/C24H22N4O3/c1-15(2)28-23-19(13-26-28)18(11-20(27-23)17-6-4-3-5-7-17)24(29)25-12-16-8-9-21-22(10-16)31-14-30-21/h3-11,13,15H,12,14H2,1-2H3,(H,25,29). The number of amides is 1. The van der Waals surface area contributed by atoms with Gasteiger partial charge in [0.25, 0.3) is 5.91 Å². The Labute approximate surface area is 179 Å². The maximum atomic E-state index is 13.2. The number of fused-ring (bicyclic) bond motifs is 2. The first kappa shape index (κ1) is 19.1. The highest BCUT2D eigenvalue weighted by Gasteiger charge is 2.19. The van der Waals surface area contributed by atoms with Gasteiger partial charge < -0.3 is 14.8 Å². The summed E-state index contributed by atoms with van der Waals surface area (Å²) in [5.41, 5.74) is 3.87. The maximum absolute atomic E-state index is 13.2. The van der Waals surface area contributed by atoms with E-state index in [2.05, 4.69) is 10.4 Å². The number of benzene rings is 2. The molecule has 5 rings (SSSR count). The first-order valence-corrected chi connectivity index (χ1v) is 10.2. The molecule has 31 heavy (non-hydrogen) atoms. The second-order valence-electron chi connectivity index (χ2n) is 7.71. The summed E-state index contributed by atoms with van der Waals surface area (Å²) in [6.45, 7) is 4.69. The minimum Gasteiger partial charge on any atom is -0.454 e. The molecule has 156 valence electrons. The van der Waals surface area contributed by atoms with Gasteiger partial charge in [-0.1, -0.05) is 36.4 Å². The van der Waals surface area contributed by atoms with Gasteiger partial charge >= 0.3 is 0 Å². The van der Waals surface area contributed by atoms with Crippen molar-refractivity contribution < 1.29 is 14.3 Å². The number of hydrogen-bond acceptors (Lipinski definition) is 5. The summed E-state index contributed by atoms with van der Waals surface area (Å²) in [6.07, 6.45) is 1.71. The van der Waals surface area contributed by atoms with Crippen molar-refractivity contribution in [1.29, 1.82) is 0 Å². The number of nitrogens with one attached hydrogen (secondary N) is 1. The molecule has 0 spiro atoms. The van der Waals surface area contributed by atoms with Gasteiger partial charge in [0.15, 0.2) is 17.1 Å². The van der Waals surface area contributed by atoms with E-state index >= 15 is 0 Å². The third kappa shape index (κ3) is 3.59. The van der Waals surface area contributed by atoms with E-state index in [-0.39, 0.29) is 18.7 Å². The maximum Gasteiger partial charge on any atom is 0.252 e. The Balaban J connectivity index is 1.49. The molecule has 0 saturated carbocycles. The van der Waals surface area contributed by atoms with E-state index in [0.717, 1.165) is 28.0 Å². The monoisotopic (exact) mass is 414 g/mol.